The number of nitrogens with one attached hydrogen (secondary N) is 1. The quantitative estimate of drug-likeness (QED) is 0.667. The van der Waals surface area contributed by atoms with Gasteiger partial charge in [0, 0.05) is 12.2 Å². The van der Waals surface area contributed by atoms with Gasteiger partial charge in [-0.25, -0.2) is 4.99 Å². The molecule has 1 fully saturated rings. The molecule has 0 saturated carbocycles. The van der Waals surface area contributed by atoms with E-state index in [1.165, 1.54) is 0 Å². The molecule has 0 aromatic heterocycles. The van der Waals surface area contributed by atoms with Crippen molar-refractivity contribution in [2.24, 2.45) is 4.99 Å². The van der Waals surface area contributed by atoms with Gasteiger partial charge in [0.15, 0.2) is 0 Å². The largest absolute Gasteiger partial charge is 0.497 e. The molecule has 1 N–H and O–H groups in total. The summed E-state index contributed by atoms with van der Waals surface area (Å²) in [5, 5.41) is 2.69. The van der Waals surface area contributed by atoms with E-state index in [1.54, 1.807) is 31.4 Å². The number of methoxy groups -OCH3 is 1. The fourth-order valence-electron chi connectivity index (χ4n) is 2.16. The molecule has 1 aliphatic heterocycles. The second kappa shape index (κ2) is 8.38. The van der Waals surface area contributed by atoms with E-state index in [9.17, 15) is 4.79 Å². The Hall–Kier alpha value is -2.08. The van der Waals surface area contributed by atoms with Crippen LogP contribution in [0.3, 0.4) is 0 Å². The number of carbonyl (C=O) groups is 1. The number of nitrogens with zero attached hydrogens (tertiary/aromatic N) is 1. The van der Waals surface area contributed by atoms with Gasteiger partial charge in [0.25, 0.3) is 11.9 Å². The summed E-state index contributed by atoms with van der Waals surface area (Å²) in [6, 6.07) is 7.15. The fraction of sp³-hybridized carbons (Fsp3) is 0.500. The van der Waals surface area contributed by atoms with Crippen molar-refractivity contribution >= 4 is 11.9 Å². The standard InChI is InChI=1S/C16H22N2O4/c1-3-21-16(17-11-14-8-5-9-22-14)18-15(19)12-6-4-7-13(10-12)20-2/h4,6-7,10,14H,3,5,8-9,11H2,1-2H3,(H,17,18,19)/t14-/m1/s1. The minimum atomic E-state index is -0.279. The number of benzene rings is 1. The first-order chi connectivity index (χ1) is 10.7. The molecular weight excluding hydrogens is 284 g/mol. The van der Waals surface area contributed by atoms with Gasteiger partial charge in [-0.05, 0) is 38.0 Å². The molecule has 6 nitrogen and oxygen atoms in total. The van der Waals surface area contributed by atoms with Crippen molar-refractivity contribution in [3.63, 3.8) is 0 Å². The third-order valence-electron chi connectivity index (χ3n) is 3.30. The average molecular weight is 306 g/mol. The lowest BCUT2D eigenvalue weighted by Crippen LogP contribution is -2.33. The summed E-state index contributed by atoms with van der Waals surface area (Å²) in [5.74, 6) is 0.348. The number of rotatable bonds is 5. The van der Waals surface area contributed by atoms with E-state index in [-0.39, 0.29) is 18.0 Å². The number of ether oxygens (including phenoxy) is 3. The van der Waals surface area contributed by atoms with E-state index in [4.69, 9.17) is 14.2 Å². The Labute approximate surface area is 130 Å². The highest BCUT2D eigenvalue weighted by Crippen LogP contribution is 2.13. The van der Waals surface area contributed by atoms with E-state index in [2.05, 4.69) is 10.3 Å². The monoisotopic (exact) mass is 306 g/mol. The first kappa shape index (κ1) is 16.3. The van der Waals surface area contributed by atoms with Crippen LogP contribution < -0.4 is 10.1 Å². The molecule has 0 aliphatic carbocycles. The number of amidine groups is 1. The molecule has 1 saturated heterocycles. The lowest BCUT2D eigenvalue weighted by Gasteiger charge is -2.11. The predicted molar refractivity (Wildman–Crippen MR) is 83.4 cm³/mol. The Balaban J connectivity index is 1.99. The molecule has 1 aromatic rings. The van der Waals surface area contributed by atoms with Crippen LogP contribution in [0.15, 0.2) is 29.3 Å². The normalized spacial score (nSPS) is 18.1. The van der Waals surface area contributed by atoms with Gasteiger partial charge in [0.1, 0.15) is 5.75 Å². The van der Waals surface area contributed by atoms with Gasteiger partial charge in [0.05, 0.1) is 26.4 Å². The summed E-state index contributed by atoms with van der Waals surface area (Å²) in [4.78, 5) is 16.5. The van der Waals surface area contributed by atoms with Crippen LogP contribution in [0.4, 0.5) is 0 Å². The average Bonchev–Trinajstić information content (AvgIpc) is 3.06. The van der Waals surface area contributed by atoms with Crippen molar-refractivity contribution in [2.45, 2.75) is 25.9 Å². The third kappa shape index (κ3) is 4.73. The molecule has 0 bridgehead atoms. The summed E-state index contributed by atoms with van der Waals surface area (Å²) in [6.45, 7) is 3.55. The molecule has 1 heterocycles. The molecule has 1 atom stereocenters. The van der Waals surface area contributed by atoms with Gasteiger partial charge in [0.2, 0.25) is 0 Å². The molecule has 0 radical (unpaired) electrons. The summed E-state index contributed by atoms with van der Waals surface area (Å²) in [7, 11) is 1.56. The Kier molecular flexibility index (Phi) is 6.21. The smallest absolute Gasteiger partial charge is 0.291 e. The predicted octanol–water partition coefficient (Wildman–Crippen LogP) is 2.00. The number of hydrogen-bond donors (Lipinski definition) is 1. The fourth-order valence-corrected chi connectivity index (χ4v) is 2.16. The molecule has 120 valence electrons. The molecule has 22 heavy (non-hydrogen) atoms. The number of hydrogen-bond acceptors (Lipinski definition) is 5. The van der Waals surface area contributed by atoms with Gasteiger partial charge in [-0.15, -0.1) is 0 Å². The highest BCUT2D eigenvalue weighted by Gasteiger charge is 2.16. The molecule has 0 unspecified atom stereocenters. The first-order valence-electron chi connectivity index (χ1n) is 7.47. The van der Waals surface area contributed by atoms with Gasteiger partial charge < -0.3 is 14.2 Å². The van der Waals surface area contributed by atoms with Gasteiger partial charge >= 0.3 is 0 Å². The van der Waals surface area contributed by atoms with Crippen molar-refractivity contribution in [1.29, 1.82) is 0 Å². The highest BCUT2D eigenvalue weighted by atomic mass is 16.5. The Morgan fingerprint density at radius 3 is 3.05 bits per heavy atom. The lowest BCUT2D eigenvalue weighted by molar-refractivity contribution is 0.0963. The van der Waals surface area contributed by atoms with Crippen LogP contribution in [0.5, 0.6) is 5.75 Å². The van der Waals surface area contributed by atoms with Crippen LogP contribution in [0, 0.1) is 0 Å². The molecule has 2 rings (SSSR count). The highest BCUT2D eigenvalue weighted by molar-refractivity contribution is 6.04. The van der Waals surface area contributed by atoms with Crippen molar-refractivity contribution in [3.05, 3.63) is 29.8 Å². The summed E-state index contributed by atoms with van der Waals surface area (Å²) < 4.78 is 16.0. The van der Waals surface area contributed by atoms with Gasteiger partial charge in [-0.2, -0.15) is 0 Å². The zero-order valence-electron chi connectivity index (χ0n) is 13.0. The summed E-state index contributed by atoms with van der Waals surface area (Å²) in [6.07, 6.45) is 2.16. The maximum atomic E-state index is 12.2. The maximum Gasteiger partial charge on any atom is 0.291 e. The van der Waals surface area contributed by atoms with Crippen molar-refractivity contribution in [1.82, 2.24) is 5.32 Å². The SMILES string of the molecule is CCOC(=NC[C@H]1CCCO1)NC(=O)c1cccc(OC)c1. The van der Waals surface area contributed by atoms with Crippen LogP contribution in [0.1, 0.15) is 30.1 Å². The van der Waals surface area contributed by atoms with Gasteiger partial charge in [-0.3, -0.25) is 10.1 Å². The van der Waals surface area contributed by atoms with E-state index in [1.807, 2.05) is 6.92 Å². The Bertz CT molecular complexity index is 525. The van der Waals surface area contributed by atoms with Crippen LogP contribution in [0.25, 0.3) is 0 Å². The zero-order chi connectivity index (χ0) is 15.8. The lowest BCUT2D eigenvalue weighted by atomic mass is 10.2. The van der Waals surface area contributed by atoms with Crippen molar-refractivity contribution in [3.8, 4) is 5.75 Å². The summed E-state index contributed by atoms with van der Waals surface area (Å²) >= 11 is 0. The zero-order valence-corrected chi connectivity index (χ0v) is 13.0. The van der Waals surface area contributed by atoms with Crippen LogP contribution in [-0.4, -0.2) is 44.9 Å². The van der Waals surface area contributed by atoms with Crippen LogP contribution >= 0.6 is 0 Å². The molecule has 1 aromatic carbocycles. The van der Waals surface area contributed by atoms with Crippen molar-refractivity contribution < 1.29 is 19.0 Å². The Morgan fingerprint density at radius 2 is 2.36 bits per heavy atom. The second-order valence-electron chi connectivity index (χ2n) is 4.90. The van der Waals surface area contributed by atoms with E-state index in [0.717, 1.165) is 19.4 Å². The molecule has 6 heteroatoms. The molecule has 1 aliphatic rings. The van der Waals surface area contributed by atoms with Gasteiger partial charge in [-0.1, -0.05) is 6.07 Å². The number of carbonyl (C=O) groups excluding carboxylic acids is 1. The van der Waals surface area contributed by atoms with Crippen LogP contribution in [0.2, 0.25) is 0 Å². The first-order valence-corrected chi connectivity index (χ1v) is 7.47. The third-order valence-corrected chi connectivity index (χ3v) is 3.30. The van der Waals surface area contributed by atoms with Crippen molar-refractivity contribution in [2.75, 3.05) is 26.9 Å². The van der Waals surface area contributed by atoms with E-state index >= 15 is 0 Å². The molecular formula is C16H22N2O4. The Morgan fingerprint density at radius 1 is 1.50 bits per heavy atom. The maximum absolute atomic E-state index is 12.2. The topological polar surface area (TPSA) is 69.2 Å². The minimum Gasteiger partial charge on any atom is -0.497 e. The van der Waals surface area contributed by atoms with E-state index in [0.29, 0.717) is 24.5 Å². The van der Waals surface area contributed by atoms with E-state index < -0.39 is 0 Å². The number of aliphatic imine (C=N–C) groups is 1. The number of amides is 1. The molecule has 1 amide bonds. The molecule has 0 spiro atoms. The summed E-state index contributed by atoms with van der Waals surface area (Å²) in [5.41, 5.74) is 0.490. The van der Waals surface area contributed by atoms with Crippen LogP contribution in [-0.2, 0) is 9.47 Å². The minimum absolute atomic E-state index is 0.115. The second-order valence-corrected chi connectivity index (χ2v) is 4.90.